The van der Waals surface area contributed by atoms with Gasteiger partial charge in [-0.25, -0.2) is 4.68 Å². The summed E-state index contributed by atoms with van der Waals surface area (Å²) in [4.78, 5) is 14.9. The Morgan fingerprint density at radius 3 is 2.71 bits per heavy atom. The monoisotopic (exact) mass is 326 g/mol. The van der Waals surface area contributed by atoms with Gasteiger partial charge in [-0.2, -0.15) is 5.10 Å². The summed E-state index contributed by atoms with van der Waals surface area (Å²) in [5, 5.41) is 7.51. The molecule has 1 atom stereocenters. The van der Waals surface area contributed by atoms with Crippen LogP contribution < -0.4 is 10.1 Å². The molecule has 2 heterocycles. The van der Waals surface area contributed by atoms with E-state index < -0.39 is 0 Å². The van der Waals surface area contributed by atoms with Crippen LogP contribution in [0.2, 0.25) is 0 Å². The standard InChI is InChI=1S/C18H22N4O2/c1-24-16-6-4-15(5-7-16)22-11-9-17(20-22)18(23)19-13-8-10-21(12-13)14-2-3-14/h4-7,9,11,13-14H,2-3,8,10,12H2,1H3,(H,19,23). The van der Waals surface area contributed by atoms with Crippen molar-refractivity contribution >= 4 is 5.91 Å². The van der Waals surface area contributed by atoms with Crippen molar-refractivity contribution in [2.45, 2.75) is 31.3 Å². The van der Waals surface area contributed by atoms with Crippen LogP contribution in [0.3, 0.4) is 0 Å². The highest BCUT2D eigenvalue weighted by Gasteiger charge is 2.34. The number of likely N-dealkylation sites (tertiary alicyclic amines) is 1. The van der Waals surface area contributed by atoms with Crippen LogP contribution in [0.15, 0.2) is 36.5 Å². The van der Waals surface area contributed by atoms with Crippen LogP contribution in [0.4, 0.5) is 0 Å². The number of aromatic nitrogens is 2. The van der Waals surface area contributed by atoms with Crippen LogP contribution in [-0.2, 0) is 0 Å². The first-order valence-electron chi connectivity index (χ1n) is 8.48. The van der Waals surface area contributed by atoms with Crippen LogP contribution in [0.25, 0.3) is 5.69 Å². The maximum atomic E-state index is 12.4. The minimum atomic E-state index is -0.0927. The van der Waals surface area contributed by atoms with E-state index in [9.17, 15) is 4.79 Å². The van der Waals surface area contributed by atoms with Gasteiger partial charge >= 0.3 is 0 Å². The van der Waals surface area contributed by atoms with E-state index >= 15 is 0 Å². The first kappa shape index (κ1) is 15.2. The zero-order valence-corrected chi connectivity index (χ0v) is 13.8. The molecule has 1 amide bonds. The molecule has 6 nitrogen and oxygen atoms in total. The largest absolute Gasteiger partial charge is 0.497 e. The number of amides is 1. The normalized spacial score (nSPS) is 21.0. The third-order valence-electron chi connectivity index (χ3n) is 4.78. The van der Waals surface area contributed by atoms with Gasteiger partial charge in [0.1, 0.15) is 5.75 Å². The zero-order valence-electron chi connectivity index (χ0n) is 13.8. The van der Waals surface area contributed by atoms with E-state index in [1.54, 1.807) is 17.9 Å². The van der Waals surface area contributed by atoms with E-state index in [4.69, 9.17) is 4.74 Å². The van der Waals surface area contributed by atoms with Crippen molar-refractivity contribution < 1.29 is 9.53 Å². The van der Waals surface area contributed by atoms with Crippen molar-refractivity contribution in [2.75, 3.05) is 20.2 Å². The Balaban J connectivity index is 1.39. The van der Waals surface area contributed by atoms with Crippen LogP contribution in [0.5, 0.6) is 5.75 Å². The molecule has 0 bridgehead atoms. The van der Waals surface area contributed by atoms with E-state index in [1.807, 2.05) is 30.5 Å². The lowest BCUT2D eigenvalue weighted by atomic mass is 10.2. The lowest BCUT2D eigenvalue weighted by Crippen LogP contribution is -2.37. The summed E-state index contributed by atoms with van der Waals surface area (Å²) in [6, 6.07) is 10.3. The molecule has 126 valence electrons. The Morgan fingerprint density at radius 1 is 1.21 bits per heavy atom. The molecule has 1 aliphatic carbocycles. The average Bonchev–Trinajstić information content (AvgIpc) is 3.16. The summed E-state index contributed by atoms with van der Waals surface area (Å²) in [6.07, 6.45) is 5.46. The average molecular weight is 326 g/mol. The number of rotatable bonds is 5. The summed E-state index contributed by atoms with van der Waals surface area (Å²) in [5.74, 6) is 0.704. The topological polar surface area (TPSA) is 59.4 Å². The molecule has 1 saturated heterocycles. The third-order valence-corrected chi connectivity index (χ3v) is 4.78. The molecular formula is C18H22N4O2. The van der Waals surface area contributed by atoms with E-state index in [0.717, 1.165) is 37.0 Å². The van der Waals surface area contributed by atoms with Gasteiger partial charge in [0, 0.05) is 31.4 Å². The lowest BCUT2D eigenvalue weighted by Gasteiger charge is -2.15. The third kappa shape index (κ3) is 3.14. The highest BCUT2D eigenvalue weighted by Crippen LogP contribution is 2.29. The second kappa shape index (κ2) is 6.28. The first-order valence-corrected chi connectivity index (χ1v) is 8.48. The molecule has 1 saturated carbocycles. The fourth-order valence-electron chi connectivity index (χ4n) is 3.26. The Labute approximate surface area is 141 Å². The second-order valence-electron chi connectivity index (χ2n) is 6.53. The Kier molecular flexibility index (Phi) is 3.98. The zero-order chi connectivity index (χ0) is 16.5. The van der Waals surface area contributed by atoms with E-state index in [0.29, 0.717) is 5.69 Å². The van der Waals surface area contributed by atoms with Crippen molar-refractivity contribution in [2.24, 2.45) is 0 Å². The number of hydrogen-bond donors (Lipinski definition) is 1. The predicted molar refractivity (Wildman–Crippen MR) is 90.6 cm³/mol. The molecule has 2 fully saturated rings. The second-order valence-corrected chi connectivity index (χ2v) is 6.53. The molecule has 1 aromatic carbocycles. The quantitative estimate of drug-likeness (QED) is 0.911. The van der Waals surface area contributed by atoms with E-state index in [2.05, 4.69) is 15.3 Å². The van der Waals surface area contributed by atoms with Crippen LogP contribution in [0, 0.1) is 0 Å². The van der Waals surface area contributed by atoms with Crippen molar-refractivity contribution in [3.05, 3.63) is 42.2 Å². The number of methoxy groups -OCH3 is 1. The van der Waals surface area contributed by atoms with Crippen molar-refractivity contribution in [3.63, 3.8) is 0 Å². The number of carbonyl (C=O) groups is 1. The number of carbonyl (C=O) groups excluding carboxylic acids is 1. The van der Waals surface area contributed by atoms with Crippen LogP contribution in [0.1, 0.15) is 29.8 Å². The van der Waals surface area contributed by atoms with Gasteiger partial charge < -0.3 is 10.1 Å². The molecule has 1 unspecified atom stereocenters. The lowest BCUT2D eigenvalue weighted by molar-refractivity contribution is 0.0932. The van der Waals surface area contributed by atoms with E-state index in [1.165, 1.54) is 12.8 Å². The Bertz CT molecular complexity index is 721. The molecule has 4 rings (SSSR count). The molecule has 6 heteroatoms. The van der Waals surface area contributed by atoms with Gasteiger partial charge in [-0.1, -0.05) is 0 Å². The predicted octanol–water partition coefficient (Wildman–Crippen LogP) is 1.85. The number of nitrogens with zero attached hydrogens (tertiary/aromatic N) is 3. The maximum Gasteiger partial charge on any atom is 0.272 e. The summed E-state index contributed by atoms with van der Waals surface area (Å²) in [6.45, 7) is 2.06. The first-order chi connectivity index (χ1) is 11.7. The molecule has 2 aromatic rings. The highest BCUT2D eigenvalue weighted by molar-refractivity contribution is 5.92. The van der Waals surface area contributed by atoms with Gasteiger partial charge in [-0.15, -0.1) is 0 Å². The number of benzene rings is 1. The smallest absolute Gasteiger partial charge is 0.272 e. The maximum absolute atomic E-state index is 12.4. The van der Waals surface area contributed by atoms with Crippen LogP contribution in [-0.4, -0.2) is 52.9 Å². The Morgan fingerprint density at radius 2 is 2.00 bits per heavy atom. The highest BCUT2D eigenvalue weighted by atomic mass is 16.5. The number of hydrogen-bond acceptors (Lipinski definition) is 4. The van der Waals surface area contributed by atoms with Gasteiger partial charge in [0.15, 0.2) is 5.69 Å². The Hall–Kier alpha value is -2.34. The number of ether oxygens (including phenoxy) is 1. The van der Waals surface area contributed by atoms with Gasteiger partial charge in [0.05, 0.1) is 12.8 Å². The molecule has 1 N–H and O–H groups in total. The molecule has 1 aromatic heterocycles. The summed E-state index contributed by atoms with van der Waals surface area (Å²) in [5.41, 5.74) is 1.35. The van der Waals surface area contributed by atoms with Gasteiger partial charge in [-0.05, 0) is 49.6 Å². The van der Waals surface area contributed by atoms with Crippen LogP contribution >= 0.6 is 0 Å². The fraction of sp³-hybridized carbons (Fsp3) is 0.444. The number of nitrogens with one attached hydrogen (secondary N) is 1. The van der Waals surface area contributed by atoms with Crippen molar-refractivity contribution in [1.82, 2.24) is 20.0 Å². The molecule has 2 aliphatic rings. The van der Waals surface area contributed by atoms with Crippen molar-refractivity contribution in [3.8, 4) is 11.4 Å². The van der Waals surface area contributed by atoms with Gasteiger partial charge in [-0.3, -0.25) is 9.69 Å². The SMILES string of the molecule is COc1ccc(-n2ccc(C(=O)NC3CCN(C4CC4)C3)n2)cc1. The minimum absolute atomic E-state index is 0.0927. The molecular weight excluding hydrogens is 304 g/mol. The molecule has 0 radical (unpaired) electrons. The molecule has 1 aliphatic heterocycles. The van der Waals surface area contributed by atoms with Gasteiger partial charge in [0.25, 0.3) is 5.91 Å². The molecule has 0 spiro atoms. The minimum Gasteiger partial charge on any atom is -0.497 e. The van der Waals surface area contributed by atoms with Gasteiger partial charge in [0.2, 0.25) is 0 Å². The fourth-order valence-corrected chi connectivity index (χ4v) is 3.26. The summed E-state index contributed by atoms with van der Waals surface area (Å²) >= 11 is 0. The summed E-state index contributed by atoms with van der Waals surface area (Å²) in [7, 11) is 1.64. The molecule has 24 heavy (non-hydrogen) atoms. The van der Waals surface area contributed by atoms with Crippen molar-refractivity contribution in [1.29, 1.82) is 0 Å². The summed E-state index contributed by atoms with van der Waals surface area (Å²) < 4.78 is 6.86. The van der Waals surface area contributed by atoms with E-state index in [-0.39, 0.29) is 11.9 Å².